The minimum atomic E-state index is -0.0661. The van der Waals surface area contributed by atoms with E-state index < -0.39 is 0 Å². The van der Waals surface area contributed by atoms with Crippen LogP contribution in [0, 0.1) is 0 Å². The van der Waals surface area contributed by atoms with Gasteiger partial charge in [0.15, 0.2) is 0 Å². The summed E-state index contributed by atoms with van der Waals surface area (Å²) < 4.78 is 1.25. The predicted octanol–water partition coefficient (Wildman–Crippen LogP) is 2.24. The molecule has 1 atom stereocenters. The second-order valence-electron chi connectivity index (χ2n) is 3.96. The van der Waals surface area contributed by atoms with Gasteiger partial charge in [-0.2, -0.15) is 0 Å². The van der Waals surface area contributed by atoms with Crippen LogP contribution in [0.25, 0.3) is 10.1 Å². The van der Waals surface area contributed by atoms with Crippen LogP contribution in [-0.2, 0) is 0 Å². The highest BCUT2D eigenvalue weighted by atomic mass is 32.1. The lowest BCUT2D eigenvalue weighted by molar-refractivity contribution is 0.641. The number of rotatable bonds is 3. The Morgan fingerprint density at radius 3 is 2.67 bits per heavy atom. The van der Waals surface area contributed by atoms with Crippen molar-refractivity contribution in [1.29, 1.82) is 0 Å². The molecule has 0 saturated heterocycles. The smallest absolute Gasteiger partial charge is 0.115 e. The molecule has 0 fully saturated rings. The Morgan fingerprint density at radius 1 is 1.17 bits per heavy atom. The normalized spacial score (nSPS) is 12.7. The molecule has 0 aliphatic heterocycles. The summed E-state index contributed by atoms with van der Waals surface area (Å²) in [5, 5.41) is 1.23. The lowest BCUT2D eigenvalue weighted by Gasteiger charge is -2.13. The van der Waals surface area contributed by atoms with Gasteiger partial charge in [-0.15, -0.1) is 11.3 Å². The van der Waals surface area contributed by atoms with E-state index in [0.717, 1.165) is 10.4 Å². The summed E-state index contributed by atoms with van der Waals surface area (Å²) in [5.74, 6) is 5.66. The third-order valence-electron chi connectivity index (χ3n) is 2.81. The van der Waals surface area contributed by atoms with E-state index in [4.69, 9.17) is 5.84 Å². The number of nitrogens with zero attached hydrogens (tertiary/aromatic N) is 2. The van der Waals surface area contributed by atoms with Gasteiger partial charge in [-0.3, -0.25) is 5.84 Å². The van der Waals surface area contributed by atoms with Gasteiger partial charge in [-0.05, 0) is 17.5 Å². The Balaban J connectivity index is 2.06. The van der Waals surface area contributed by atoms with Crippen LogP contribution < -0.4 is 11.3 Å². The van der Waals surface area contributed by atoms with Gasteiger partial charge in [0.05, 0.1) is 6.04 Å². The number of aromatic nitrogens is 2. The zero-order valence-corrected chi connectivity index (χ0v) is 10.4. The maximum atomic E-state index is 5.66. The minimum absolute atomic E-state index is 0.0661. The second-order valence-corrected chi connectivity index (χ2v) is 5.07. The number of hydrogen-bond acceptors (Lipinski definition) is 5. The van der Waals surface area contributed by atoms with Gasteiger partial charge in [0.1, 0.15) is 6.33 Å². The number of fused-ring (bicyclic) bond motifs is 1. The first-order chi connectivity index (χ1) is 8.88. The molecule has 0 amide bonds. The molecule has 4 nitrogen and oxygen atoms in total. The molecule has 0 bridgehead atoms. The largest absolute Gasteiger partial charge is 0.271 e. The van der Waals surface area contributed by atoms with Gasteiger partial charge in [0.25, 0.3) is 0 Å². The molecule has 2 heterocycles. The maximum Gasteiger partial charge on any atom is 0.115 e. The van der Waals surface area contributed by atoms with Crippen molar-refractivity contribution in [3.05, 3.63) is 59.5 Å². The van der Waals surface area contributed by atoms with Crippen molar-refractivity contribution in [3.8, 4) is 0 Å². The van der Waals surface area contributed by atoms with Crippen LogP contribution in [-0.4, -0.2) is 9.97 Å². The van der Waals surface area contributed by atoms with Gasteiger partial charge < -0.3 is 0 Å². The summed E-state index contributed by atoms with van der Waals surface area (Å²) in [6, 6.07) is 10.4. The summed E-state index contributed by atoms with van der Waals surface area (Å²) in [6.07, 6.45) is 5.08. The molecule has 0 spiro atoms. The third-order valence-corrected chi connectivity index (χ3v) is 3.99. The molecular weight excluding hydrogens is 244 g/mol. The van der Waals surface area contributed by atoms with Crippen LogP contribution >= 0.6 is 11.3 Å². The van der Waals surface area contributed by atoms with E-state index in [9.17, 15) is 0 Å². The van der Waals surface area contributed by atoms with Crippen LogP contribution in [0.15, 0.2) is 49.1 Å². The Labute approximate surface area is 108 Å². The number of thiophene rings is 1. The van der Waals surface area contributed by atoms with Crippen LogP contribution in [0.2, 0.25) is 0 Å². The molecule has 0 aliphatic rings. The van der Waals surface area contributed by atoms with Crippen molar-refractivity contribution in [1.82, 2.24) is 15.4 Å². The van der Waals surface area contributed by atoms with Gasteiger partial charge >= 0.3 is 0 Å². The van der Waals surface area contributed by atoms with Crippen molar-refractivity contribution < 1.29 is 0 Å². The molecule has 1 aromatic carbocycles. The van der Waals surface area contributed by atoms with Gasteiger partial charge in [0, 0.05) is 27.5 Å². The molecule has 5 heteroatoms. The Morgan fingerprint density at radius 2 is 1.94 bits per heavy atom. The molecule has 2 aromatic heterocycles. The fraction of sp³-hybridized carbons (Fsp3) is 0.0769. The Hall–Kier alpha value is -1.82. The van der Waals surface area contributed by atoms with Crippen molar-refractivity contribution in [3.63, 3.8) is 0 Å². The lowest BCUT2D eigenvalue weighted by atomic mass is 10.1. The molecule has 0 aliphatic carbocycles. The minimum Gasteiger partial charge on any atom is -0.271 e. The van der Waals surface area contributed by atoms with Gasteiger partial charge in [0.2, 0.25) is 0 Å². The number of hydrogen-bond donors (Lipinski definition) is 2. The number of benzene rings is 1. The van der Waals surface area contributed by atoms with E-state index in [1.54, 1.807) is 23.7 Å². The van der Waals surface area contributed by atoms with E-state index in [1.807, 2.05) is 12.1 Å². The third kappa shape index (κ3) is 1.99. The molecule has 3 aromatic rings. The maximum absolute atomic E-state index is 5.66. The molecule has 90 valence electrons. The van der Waals surface area contributed by atoms with Gasteiger partial charge in [-0.25, -0.2) is 15.4 Å². The first-order valence-corrected chi connectivity index (χ1v) is 6.39. The van der Waals surface area contributed by atoms with E-state index in [0.29, 0.717) is 0 Å². The van der Waals surface area contributed by atoms with Crippen molar-refractivity contribution in [2.45, 2.75) is 6.04 Å². The molecular formula is C13H12N4S. The molecule has 18 heavy (non-hydrogen) atoms. The zero-order chi connectivity index (χ0) is 12.4. The monoisotopic (exact) mass is 256 g/mol. The molecule has 0 radical (unpaired) electrons. The summed E-state index contributed by atoms with van der Waals surface area (Å²) in [5.41, 5.74) is 3.79. The fourth-order valence-corrected chi connectivity index (χ4v) is 3.10. The second kappa shape index (κ2) is 4.81. The highest BCUT2D eigenvalue weighted by Gasteiger charge is 2.15. The highest BCUT2D eigenvalue weighted by Crippen LogP contribution is 2.32. The SMILES string of the molecule is NNC(c1cncnc1)c1cc2ccccc2s1. The van der Waals surface area contributed by atoms with E-state index in [1.165, 1.54) is 16.4 Å². The highest BCUT2D eigenvalue weighted by molar-refractivity contribution is 7.19. The zero-order valence-electron chi connectivity index (χ0n) is 9.58. The molecule has 3 rings (SSSR count). The summed E-state index contributed by atoms with van der Waals surface area (Å²) in [4.78, 5) is 9.22. The average Bonchev–Trinajstić information content (AvgIpc) is 2.84. The first kappa shape index (κ1) is 11.3. The first-order valence-electron chi connectivity index (χ1n) is 5.58. The summed E-state index contributed by atoms with van der Waals surface area (Å²) in [7, 11) is 0. The molecule has 0 saturated carbocycles. The summed E-state index contributed by atoms with van der Waals surface area (Å²) >= 11 is 1.73. The van der Waals surface area contributed by atoms with Crippen LogP contribution in [0.3, 0.4) is 0 Å². The number of hydrazine groups is 1. The Bertz CT molecular complexity index is 617. The van der Waals surface area contributed by atoms with Crippen molar-refractivity contribution in [2.24, 2.45) is 5.84 Å². The van der Waals surface area contributed by atoms with Crippen molar-refractivity contribution in [2.75, 3.05) is 0 Å². The van der Waals surface area contributed by atoms with Crippen molar-refractivity contribution >= 4 is 21.4 Å². The lowest BCUT2D eigenvalue weighted by Crippen LogP contribution is -2.28. The van der Waals surface area contributed by atoms with E-state index in [2.05, 4.69) is 33.6 Å². The fourth-order valence-electron chi connectivity index (χ4n) is 1.95. The van der Waals surface area contributed by atoms with Crippen LogP contribution in [0.5, 0.6) is 0 Å². The number of nitrogens with two attached hydrogens (primary N) is 1. The molecule has 3 N–H and O–H groups in total. The molecule has 1 unspecified atom stereocenters. The topological polar surface area (TPSA) is 63.8 Å². The van der Waals surface area contributed by atoms with Crippen LogP contribution in [0.1, 0.15) is 16.5 Å². The van der Waals surface area contributed by atoms with E-state index >= 15 is 0 Å². The number of nitrogens with one attached hydrogen (secondary N) is 1. The summed E-state index contributed by atoms with van der Waals surface area (Å²) in [6.45, 7) is 0. The average molecular weight is 256 g/mol. The standard InChI is InChI=1S/C13H12N4S/c14-17-13(10-6-15-8-16-7-10)12-5-9-3-1-2-4-11(9)18-12/h1-8,13,17H,14H2. The predicted molar refractivity (Wildman–Crippen MR) is 73.0 cm³/mol. The van der Waals surface area contributed by atoms with Gasteiger partial charge in [-0.1, -0.05) is 18.2 Å². The quantitative estimate of drug-likeness (QED) is 0.557. The Kier molecular flexibility index (Phi) is 3.02. The van der Waals surface area contributed by atoms with E-state index in [-0.39, 0.29) is 6.04 Å². The van der Waals surface area contributed by atoms with Crippen LogP contribution in [0.4, 0.5) is 0 Å².